The van der Waals surface area contributed by atoms with Gasteiger partial charge in [-0.1, -0.05) is 29.8 Å². The van der Waals surface area contributed by atoms with E-state index in [0.717, 1.165) is 11.1 Å². The maximum absolute atomic E-state index is 13.0. The number of carbonyl (C=O) groups is 2. The van der Waals surface area contributed by atoms with Crippen LogP contribution in [0.5, 0.6) is 0 Å². The molecule has 1 saturated heterocycles. The Morgan fingerprint density at radius 2 is 1.81 bits per heavy atom. The Kier molecular flexibility index (Phi) is 5.21. The number of anilines is 1. The number of nitrogens with one attached hydrogen (secondary N) is 2. The van der Waals surface area contributed by atoms with E-state index in [4.69, 9.17) is 0 Å². The van der Waals surface area contributed by atoms with Crippen LogP contribution in [0.15, 0.2) is 48.5 Å². The normalized spacial score (nSPS) is 19.5. The van der Waals surface area contributed by atoms with Crippen molar-refractivity contribution in [1.29, 1.82) is 0 Å². The predicted molar refractivity (Wildman–Crippen MR) is 98.5 cm³/mol. The number of hydrogen-bond acceptors (Lipinski definition) is 2. The molecule has 3 rings (SSSR count). The zero-order valence-corrected chi connectivity index (χ0v) is 14.8. The van der Waals surface area contributed by atoms with Gasteiger partial charge in [0.1, 0.15) is 11.9 Å². The van der Waals surface area contributed by atoms with E-state index in [2.05, 4.69) is 10.6 Å². The number of likely N-dealkylation sites (N-methyl/N-ethyl adjacent to an activating group) is 1. The van der Waals surface area contributed by atoms with Crippen molar-refractivity contribution >= 4 is 17.6 Å². The fraction of sp³-hybridized carbons (Fsp3) is 0.300. The molecule has 2 aromatic carbocycles. The second-order valence-corrected chi connectivity index (χ2v) is 6.48. The van der Waals surface area contributed by atoms with Gasteiger partial charge in [0, 0.05) is 24.7 Å². The molecule has 1 aliphatic rings. The topological polar surface area (TPSA) is 61.4 Å². The van der Waals surface area contributed by atoms with E-state index in [0.29, 0.717) is 18.8 Å². The van der Waals surface area contributed by atoms with Gasteiger partial charge in [-0.05, 0) is 43.7 Å². The summed E-state index contributed by atoms with van der Waals surface area (Å²) in [6.07, 6.45) is 0. The number of aryl methyl sites for hydroxylation is 1. The zero-order valence-electron chi connectivity index (χ0n) is 14.8. The van der Waals surface area contributed by atoms with Gasteiger partial charge < -0.3 is 15.5 Å². The Labute approximate surface area is 152 Å². The highest BCUT2D eigenvalue weighted by Crippen LogP contribution is 2.29. The van der Waals surface area contributed by atoms with Gasteiger partial charge in [-0.25, -0.2) is 9.18 Å². The van der Waals surface area contributed by atoms with Crippen LogP contribution in [-0.2, 0) is 4.79 Å². The molecule has 1 heterocycles. The van der Waals surface area contributed by atoms with Crippen LogP contribution in [-0.4, -0.2) is 36.0 Å². The average Bonchev–Trinajstić information content (AvgIpc) is 2.94. The molecule has 0 aliphatic carbocycles. The third-order valence-corrected chi connectivity index (χ3v) is 4.67. The SMILES string of the molecule is CCN1C[C@@H](c2ccc(C)cc2)[C@H](NC(=O)Nc2ccc(F)cc2)C1=O. The summed E-state index contributed by atoms with van der Waals surface area (Å²) in [5.41, 5.74) is 2.63. The molecule has 5 nitrogen and oxygen atoms in total. The third kappa shape index (κ3) is 3.85. The summed E-state index contributed by atoms with van der Waals surface area (Å²) in [6.45, 7) is 5.09. The summed E-state index contributed by atoms with van der Waals surface area (Å²) in [5.74, 6) is -0.575. The summed E-state index contributed by atoms with van der Waals surface area (Å²) >= 11 is 0. The molecule has 0 aromatic heterocycles. The minimum Gasteiger partial charge on any atom is -0.340 e. The summed E-state index contributed by atoms with van der Waals surface area (Å²) in [6, 6.07) is 12.4. The number of rotatable bonds is 4. The molecule has 1 fully saturated rings. The Morgan fingerprint density at radius 1 is 1.15 bits per heavy atom. The first kappa shape index (κ1) is 17.9. The van der Waals surface area contributed by atoms with Crippen LogP contribution in [0.2, 0.25) is 0 Å². The monoisotopic (exact) mass is 355 g/mol. The van der Waals surface area contributed by atoms with Gasteiger partial charge in [-0.2, -0.15) is 0 Å². The van der Waals surface area contributed by atoms with Crippen molar-refractivity contribution < 1.29 is 14.0 Å². The number of nitrogens with zero attached hydrogens (tertiary/aromatic N) is 1. The molecule has 0 unspecified atom stereocenters. The highest BCUT2D eigenvalue weighted by molar-refractivity contribution is 5.95. The van der Waals surface area contributed by atoms with Gasteiger partial charge in [0.2, 0.25) is 5.91 Å². The van der Waals surface area contributed by atoms with E-state index in [1.165, 1.54) is 24.3 Å². The van der Waals surface area contributed by atoms with Gasteiger partial charge in [-0.3, -0.25) is 4.79 Å². The van der Waals surface area contributed by atoms with Crippen LogP contribution >= 0.6 is 0 Å². The first-order valence-electron chi connectivity index (χ1n) is 8.66. The highest BCUT2D eigenvalue weighted by atomic mass is 19.1. The molecule has 0 bridgehead atoms. The lowest BCUT2D eigenvalue weighted by Gasteiger charge is -2.19. The molecule has 0 radical (unpaired) electrons. The first-order chi connectivity index (χ1) is 12.5. The lowest BCUT2D eigenvalue weighted by atomic mass is 9.93. The van der Waals surface area contributed by atoms with Gasteiger partial charge in [0.15, 0.2) is 0 Å². The van der Waals surface area contributed by atoms with Crippen molar-refractivity contribution in [3.05, 3.63) is 65.5 Å². The number of likely N-dealkylation sites (tertiary alicyclic amines) is 1. The number of halogens is 1. The van der Waals surface area contributed by atoms with Crippen LogP contribution in [0, 0.1) is 12.7 Å². The Hall–Kier alpha value is -2.89. The molecule has 2 atom stereocenters. The Balaban J connectivity index is 1.75. The fourth-order valence-electron chi connectivity index (χ4n) is 3.20. The molecule has 0 saturated carbocycles. The van der Waals surface area contributed by atoms with Crippen molar-refractivity contribution in [3.8, 4) is 0 Å². The smallest absolute Gasteiger partial charge is 0.319 e. The molecule has 3 amide bonds. The molecular weight excluding hydrogens is 333 g/mol. The number of hydrogen-bond donors (Lipinski definition) is 2. The van der Waals surface area contributed by atoms with E-state index in [9.17, 15) is 14.0 Å². The van der Waals surface area contributed by atoms with Gasteiger partial charge in [-0.15, -0.1) is 0 Å². The molecule has 2 aromatic rings. The molecular formula is C20H22FN3O2. The van der Waals surface area contributed by atoms with E-state index in [1.807, 2.05) is 38.1 Å². The van der Waals surface area contributed by atoms with E-state index < -0.39 is 12.1 Å². The van der Waals surface area contributed by atoms with Crippen molar-refractivity contribution in [1.82, 2.24) is 10.2 Å². The van der Waals surface area contributed by atoms with E-state index in [1.54, 1.807) is 4.90 Å². The largest absolute Gasteiger partial charge is 0.340 e. The standard InChI is InChI=1S/C20H22FN3O2/c1-3-24-12-17(14-6-4-13(2)5-7-14)18(19(24)25)23-20(26)22-16-10-8-15(21)9-11-16/h4-11,17-18H,3,12H2,1-2H3,(H2,22,23,26)/t17-,18-/m0/s1. The van der Waals surface area contributed by atoms with Crippen molar-refractivity contribution in [2.45, 2.75) is 25.8 Å². The summed E-state index contributed by atoms with van der Waals surface area (Å²) in [5, 5.41) is 5.43. The average molecular weight is 355 g/mol. The van der Waals surface area contributed by atoms with Crippen LogP contribution < -0.4 is 10.6 Å². The first-order valence-corrected chi connectivity index (χ1v) is 8.66. The quantitative estimate of drug-likeness (QED) is 0.884. The molecule has 136 valence electrons. The number of amides is 3. The van der Waals surface area contributed by atoms with Gasteiger partial charge in [0.05, 0.1) is 0 Å². The summed E-state index contributed by atoms with van der Waals surface area (Å²) in [7, 11) is 0. The minimum absolute atomic E-state index is 0.0904. The van der Waals surface area contributed by atoms with Crippen LogP contribution in [0.4, 0.5) is 14.9 Å². The Bertz CT molecular complexity index is 790. The number of urea groups is 1. The van der Waals surface area contributed by atoms with Crippen LogP contribution in [0.1, 0.15) is 24.0 Å². The molecule has 0 spiro atoms. The molecule has 6 heteroatoms. The summed E-state index contributed by atoms with van der Waals surface area (Å²) < 4.78 is 13.0. The van der Waals surface area contributed by atoms with E-state index in [-0.39, 0.29) is 17.6 Å². The van der Waals surface area contributed by atoms with Crippen LogP contribution in [0.25, 0.3) is 0 Å². The van der Waals surface area contributed by atoms with E-state index >= 15 is 0 Å². The summed E-state index contributed by atoms with van der Waals surface area (Å²) in [4.78, 5) is 26.7. The lowest BCUT2D eigenvalue weighted by molar-refractivity contribution is -0.129. The second kappa shape index (κ2) is 7.56. The lowest BCUT2D eigenvalue weighted by Crippen LogP contribution is -2.45. The maximum atomic E-state index is 13.0. The number of benzene rings is 2. The van der Waals surface area contributed by atoms with Gasteiger partial charge in [0.25, 0.3) is 0 Å². The highest BCUT2D eigenvalue weighted by Gasteiger charge is 2.41. The van der Waals surface area contributed by atoms with Crippen molar-refractivity contribution in [2.24, 2.45) is 0 Å². The molecule has 1 aliphatic heterocycles. The number of carbonyl (C=O) groups excluding carboxylic acids is 2. The third-order valence-electron chi connectivity index (χ3n) is 4.67. The molecule has 26 heavy (non-hydrogen) atoms. The van der Waals surface area contributed by atoms with Gasteiger partial charge >= 0.3 is 6.03 Å². The maximum Gasteiger partial charge on any atom is 0.319 e. The van der Waals surface area contributed by atoms with Crippen LogP contribution in [0.3, 0.4) is 0 Å². The Morgan fingerprint density at radius 3 is 2.42 bits per heavy atom. The molecule has 2 N–H and O–H groups in total. The zero-order chi connectivity index (χ0) is 18.7. The second-order valence-electron chi connectivity index (χ2n) is 6.48. The predicted octanol–water partition coefficient (Wildman–Crippen LogP) is 3.27. The minimum atomic E-state index is -0.627. The fourth-order valence-corrected chi connectivity index (χ4v) is 3.20. The van der Waals surface area contributed by atoms with Crippen molar-refractivity contribution in [3.63, 3.8) is 0 Å². The van der Waals surface area contributed by atoms with Crippen molar-refractivity contribution in [2.75, 3.05) is 18.4 Å².